The number of aliphatic hydroxyl groups excluding tert-OH is 6. The molecule has 1 saturated heterocycles. The van der Waals surface area contributed by atoms with Crippen LogP contribution in [0, 0.1) is 5.41 Å². The smallest absolute Gasteiger partial charge is 0.187 e. The monoisotopic (exact) mass is 388 g/mol. The molecule has 0 aromatic carbocycles. The summed E-state index contributed by atoms with van der Waals surface area (Å²) in [7, 11) is 0. The van der Waals surface area contributed by atoms with Gasteiger partial charge in [-0.25, -0.2) is 0 Å². The average molecular weight is 388 g/mol. The molecule has 0 aromatic rings. The van der Waals surface area contributed by atoms with Crippen LogP contribution < -0.4 is 0 Å². The van der Waals surface area contributed by atoms with Gasteiger partial charge in [-0.15, -0.1) is 0 Å². The van der Waals surface area contributed by atoms with Crippen molar-refractivity contribution in [2.24, 2.45) is 5.41 Å². The minimum Gasteiger partial charge on any atom is -0.394 e. The van der Waals surface area contributed by atoms with Crippen molar-refractivity contribution in [1.82, 2.24) is 0 Å². The molecule has 6 N–H and O–H groups in total. The molecule has 1 heterocycles. The van der Waals surface area contributed by atoms with Gasteiger partial charge in [-0.2, -0.15) is 0 Å². The zero-order valence-electron chi connectivity index (χ0n) is 16.2. The minimum absolute atomic E-state index is 0.381. The first-order valence-electron chi connectivity index (χ1n) is 9.21. The summed E-state index contributed by atoms with van der Waals surface area (Å²) >= 11 is 0. The summed E-state index contributed by atoms with van der Waals surface area (Å²) in [6, 6.07) is 0. The van der Waals surface area contributed by atoms with Crippen molar-refractivity contribution in [2.45, 2.75) is 83.1 Å². The van der Waals surface area contributed by atoms with E-state index in [2.05, 4.69) is 0 Å². The quantitative estimate of drug-likeness (QED) is 0.360. The van der Waals surface area contributed by atoms with Crippen molar-refractivity contribution >= 4 is 0 Å². The molecule has 0 aromatic heterocycles. The van der Waals surface area contributed by atoms with Gasteiger partial charge in [-0.05, 0) is 36.8 Å². The molecule has 1 aliphatic heterocycles. The second-order valence-corrected chi connectivity index (χ2v) is 8.10. The highest BCUT2D eigenvalue weighted by molar-refractivity contribution is 5.36. The maximum atomic E-state index is 10.7. The lowest BCUT2D eigenvalue weighted by Crippen LogP contribution is -2.60. The van der Waals surface area contributed by atoms with E-state index in [1.807, 2.05) is 13.8 Å². The van der Waals surface area contributed by atoms with Gasteiger partial charge in [0.15, 0.2) is 6.29 Å². The molecular weight excluding hydrogens is 356 g/mol. The molecule has 1 fully saturated rings. The van der Waals surface area contributed by atoms with Gasteiger partial charge in [0.1, 0.15) is 30.5 Å². The van der Waals surface area contributed by atoms with Gasteiger partial charge in [0.05, 0.1) is 18.8 Å². The van der Waals surface area contributed by atoms with Crippen LogP contribution in [-0.4, -0.2) is 86.3 Å². The molecule has 27 heavy (non-hydrogen) atoms. The van der Waals surface area contributed by atoms with Crippen LogP contribution in [0.25, 0.3) is 0 Å². The zero-order valence-corrected chi connectivity index (χ0v) is 16.2. The van der Waals surface area contributed by atoms with Gasteiger partial charge in [0, 0.05) is 0 Å². The fourth-order valence-electron chi connectivity index (χ4n) is 3.76. The van der Waals surface area contributed by atoms with Crippen LogP contribution in [0.1, 0.15) is 34.1 Å². The molecule has 1 aliphatic carbocycles. The fraction of sp³-hybridized carbons (Fsp3) is 0.789. The van der Waals surface area contributed by atoms with Gasteiger partial charge in [0.25, 0.3) is 0 Å². The summed E-state index contributed by atoms with van der Waals surface area (Å²) in [4.78, 5) is 0. The van der Waals surface area contributed by atoms with Crippen molar-refractivity contribution in [3.8, 4) is 0 Å². The summed E-state index contributed by atoms with van der Waals surface area (Å²) in [5.41, 5.74) is 1.19. The van der Waals surface area contributed by atoms with E-state index in [4.69, 9.17) is 9.47 Å². The molecular formula is C19H32O8. The number of rotatable bonds is 5. The minimum atomic E-state index is -1.53. The van der Waals surface area contributed by atoms with E-state index in [9.17, 15) is 30.6 Å². The number of ether oxygens (including phenoxy) is 2. The molecule has 0 bridgehead atoms. The summed E-state index contributed by atoms with van der Waals surface area (Å²) in [5.74, 6) is 0. The molecule has 8 nitrogen and oxygen atoms in total. The Morgan fingerprint density at radius 2 is 1.81 bits per heavy atom. The molecule has 8 heteroatoms. The molecule has 0 amide bonds. The second kappa shape index (κ2) is 8.67. The highest BCUT2D eigenvalue weighted by Crippen LogP contribution is 2.43. The lowest BCUT2D eigenvalue weighted by molar-refractivity contribution is -0.318. The van der Waals surface area contributed by atoms with Crippen LogP contribution in [-0.2, 0) is 9.47 Å². The van der Waals surface area contributed by atoms with Crippen LogP contribution in [0.15, 0.2) is 23.3 Å². The highest BCUT2D eigenvalue weighted by atomic mass is 16.7. The first kappa shape index (κ1) is 22.4. The number of allylic oxidation sites excluding steroid dienone is 2. The lowest BCUT2D eigenvalue weighted by Gasteiger charge is -2.45. The Kier molecular flexibility index (Phi) is 7.21. The number of aliphatic hydroxyl groups is 6. The van der Waals surface area contributed by atoms with Gasteiger partial charge in [-0.3, -0.25) is 0 Å². The van der Waals surface area contributed by atoms with Gasteiger partial charge < -0.3 is 40.1 Å². The SMILES string of the molecule is CC1=C(/C=C/[C@@H](C)O)C(C)(C)C[C@@H](O[C@@H]2O[C@H](CO)[C@@H](O)[C@H](O)[C@H]2O)[C@@H]1O. The predicted octanol–water partition coefficient (Wildman–Crippen LogP) is -0.784. The van der Waals surface area contributed by atoms with Crippen molar-refractivity contribution in [3.05, 3.63) is 23.3 Å². The second-order valence-electron chi connectivity index (χ2n) is 8.10. The molecule has 2 aliphatic rings. The van der Waals surface area contributed by atoms with Crippen LogP contribution in [0.4, 0.5) is 0 Å². The van der Waals surface area contributed by atoms with E-state index >= 15 is 0 Å². The van der Waals surface area contributed by atoms with Crippen LogP contribution in [0.5, 0.6) is 0 Å². The lowest BCUT2D eigenvalue weighted by atomic mass is 9.70. The van der Waals surface area contributed by atoms with E-state index in [1.54, 1.807) is 26.0 Å². The van der Waals surface area contributed by atoms with Gasteiger partial charge in [-0.1, -0.05) is 26.0 Å². The first-order chi connectivity index (χ1) is 12.5. The summed E-state index contributed by atoms with van der Waals surface area (Å²) < 4.78 is 11.2. The molecule has 2 rings (SSSR count). The summed E-state index contributed by atoms with van der Waals surface area (Å²) in [6.07, 6.45) is -5.32. The Bertz CT molecular complexity index is 568. The Morgan fingerprint density at radius 3 is 2.37 bits per heavy atom. The zero-order chi connectivity index (χ0) is 20.5. The molecule has 8 atom stereocenters. The first-order valence-corrected chi connectivity index (χ1v) is 9.21. The summed E-state index contributed by atoms with van der Waals surface area (Å²) in [6.45, 7) is 6.83. The maximum absolute atomic E-state index is 10.7. The summed E-state index contributed by atoms with van der Waals surface area (Å²) in [5, 5.41) is 59.4. The predicted molar refractivity (Wildman–Crippen MR) is 96.6 cm³/mol. The third kappa shape index (κ3) is 4.78. The Hall–Kier alpha value is -0.840. The van der Waals surface area contributed by atoms with Gasteiger partial charge in [0.2, 0.25) is 0 Å². The molecule has 0 saturated carbocycles. The van der Waals surface area contributed by atoms with E-state index in [-0.39, 0.29) is 5.41 Å². The van der Waals surface area contributed by atoms with Crippen molar-refractivity contribution < 1.29 is 40.1 Å². The fourth-order valence-corrected chi connectivity index (χ4v) is 3.76. The third-order valence-electron chi connectivity index (χ3n) is 5.36. The van der Waals surface area contributed by atoms with E-state index in [0.717, 1.165) is 5.57 Å². The number of hydrogen-bond donors (Lipinski definition) is 6. The van der Waals surface area contributed by atoms with Crippen molar-refractivity contribution in [2.75, 3.05) is 6.61 Å². The standard InChI is InChI=1S/C19H32O8/c1-9(21)5-6-11-10(2)14(22)12(7-19(11,3)4)26-18-17(25)16(24)15(23)13(8-20)27-18/h5-6,9,12-18,20-25H,7-8H2,1-4H3/b6-5+/t9-,12-,13-,14-,15-,16+,17-,18-/m1/s1. The Labute approximate surface area is 159 Å². The molecule has 0 radical (unpaired) electrons. The van der Waals surface area contributed by atoms with Gasteiger partial charge >= 0.3 is 0 Å². The Morgan fingerprint density at radius 1 is 1.19 bits per heavy atom. The topological polar surface area (TPSA) is 140 Å². The highest BCUT2D eigenvalue weighted by Gasteiger charge is 2.47. The maximum Gasteiger partial charge on any atom is 0.187 e. The normalized spacial score (nSPS) is 41.2. The van der Waals surface area contributed by atoms with Crippen LogP contribution in [0.3, 0.4) is 0 Å². The molecule has 0 unspecified atom stereocenters. The average Bonchev–Trinajstić information content (AvgIpc) is 2.59. The van der Waals surface area contributed by atoms with Crippen LogP contribution in [0.2, 0.25) is 0 Å². The van der Waals surface area contributed by atoms with Crippen molar-refractivity contribution in [3.63, 3.8) is 0 Å². The third-order valence-corrected chi connectivity index (χ3v) is 5.36. The molecule has 0 spiro atoms. The Balaban J connectivity index is 2.21. The molecule has 156 valence electrons. The van der Waals surface area contributed by atoms with E-state index < -0.39 is 55.6 Å². The van der Waals surface area contributed by atoms with E-state index in [0.29, 0.717) is 12.0 Å². The largest absolute Gasteiger partial charge is 0.394 e. The van der Waals surface area contributed by atoms with Crippen LogP contribution >= 0.6 is 0 Å². The number of hydrogen-bond acceptors (Lipinski definition) is 8. The van der Waals surface area contributed by atoms with Crippen molar-refractivity contribution in [1.29, 1.82) is 0 Å². The van der Waals surface area contributed by atoms with E-state index in [1.165, 1.54) is 0 Å².